The molecule has 3 aliphatic carbocycles. The normalized spacial score (nSPS) is 28.9. The number of nitrogens with zero attached hydrogens (tertiary/aromatic N) is 4. The van der Waals surface area contributed by atoms with E-state index in [0.717, 1.165) is 35.0 Å². The number of carbonyl (C=O) groups excluding carboxylic acids is 2. The van der Waals surface area contributed by atoms with Gasteiger partial charge in [-0.25, -0.2) is 9.97 Å². The van der Waals surface area contributed by atoms with Gasteiger partial charge in [-0.2, -0.15) is 0 Å². The van der Waals surface area contributed by atoms with E-state index in [9.17, 15) is 9.59 Å². The zero-order valence-corrected chi connectivity index (χ0v) is 28.4. The van der Waals surface area contributed by atoms with Gasteiger partial charge in [-0.15, -0.1) is 0 Å². The molecular weight excluding hydrogens is 617 g/mol. The van der Waals surface area contributed by atoms with Gasteiger partial charge in [0.15, 0.2) is 0 Å². The molecule has 5 fully saturated rings. The van der Waals surface area contributed by atoms with Crippen molar-refractivity contribution in [2.75, 3.05) is 6.54 Å². The minimum absolute atomic E-state index is 0.00943. The second kappa shape index (κ2) is 12.2. The Balaban J connectivity index is 1.05. The third-order valence-electron chi connectivity index (χ3n) is 11.7. The average Bonchev–Trinajstić information content (AvgIpc) is 3.71. The van der Waals surface area contributed by atoms with Crippen LogP contribution in [0.25, 0.3) is 22.2 Å². The molecule has 2 aromatic carbocycles. The summed E-state index contributed by atoms with van der Waals surface area (Å²) in [5.41, 5.74) is 2.57. The van der Waals surface area contributed by atoms with E-state index in [0.29, 0.717) is 30.4 Å². The molecule has 1 N–H and O–H groups in total. The maximum atomic E-state index is 14.2. The van der Waals surface area contributed by atoms with Gasteiger partial charge in [0.2, 0.25) is 5.91 Å². The third kappa shape index (κ3) is 5.47. The van der Waals surface area contributed by atoms with E-state index < -0.39 is 19.3 Å². The van der Waals surface area contributed by atoms with Crippen molar-refractivity contribution in [2.24, 2.45) is 17.3 Å². The molecule has 3 saturated carbocycles. The fraction of sp³-hybridized carbons (Fsp3) is 0.447. The van der Waals surface area contributed by atoms with Crippen molar-refractivity contribution in [2.45, 2.75) is 83.2 Å². The van der Waals surface area contributed by atoms with Crippen LogP contribution in [0.2, 0.25) is 0 Å². The summed E-state index contributed by atoms with van der Waals surface area (Å²) in [4.78, 5) is 42.9. The Morgan fingerprint density at radius 1 is 1.06 bits per heavy atom. The predicted molar refractivity (Wildman–Crippen MR) is 185 cm³/mol. The number of aromatic nitrogens is 3. The maximum absolute atomic E-state index is 14.2. The van der Waals surface area contributed by atoms with Gasteiger partial charge < -0.3 is 24.3 Å². The molecule has 2 saturated heterocycles. The van der Waals surface area contributed by atoms with Crippen LogP contribution in [0.4, 0.5) is 0 Å². The molecule has 5 aliphatic rings. The van der Waals surface area contributed by atoms with Gasteiger partial charge in [0.1, 0.15) is 23.6 Å². The summed E-state index contributed by atoms with van der Waals surface area (Å²) in [6.07, 6.45) is 7.03. The Bertz CT molecular complexity index is 1880. The fourth-order valence-corrected chi connectivity index (χ4v) is 8.80. The summed E-state index contributed by atoms with van der Waals surface area (Å²) in [7, 11) is -0.559. The van der Waals surface area contributed by atoms with Gasteiger partial charge >= 0.3 is 7.12 Å². The van der Waals surface area contributed by atoms with E-state index >= 15 is 0 Å². The number of likely N-dealkylation sites (tertiary alicyclic amines) is 1. The highest BCUT2D eigenvalue weighted by Crippen LogP contribution is 2.65. The van der Waals surface area contributed by atoms with Crippen LogP contribution in [-0.4, -0.2) is 75.1 Å². The molecule has 252 valence electrons. The van der Waals surface area contributed by atoms with E-state index in [2.05, 4.69) is 36.1 Å². The van der Waals surface area contributed by atoms with Crippen molar-refractivity contribution in [1.82, 2.24) is 25.2 Å². The zero-order chi connectivity index (χ0) is 33.9. The van der Waals surface area contributed by atoms with Crippen LogP contribution in [0.15, 0.2) is 79.3 Å². The molecule has 2 aliphatic heterocycles. The highest BCUT2D eigenvalue weighted by Gasteiger charge is 2.68. The van der Waals surface area contributed by atoms with Gasteiger partial charge in [-0.3, -0.25) is 14.6 Å². The van der Waals surface area contributed by atoms with Crippen molar-refractivity contribution >= 4 is 29.8 Å². The highest BCUT2D eigenvalue weighted by molar-refractivity contribution is 6.47. The Morgan fingerprint density at radius 2 is 1.86 bits per heavy atom. The summed E-state index contributed by atoms with van der Waals surface area (Å²) < 4.78 is 20.0. The molecule has 2 bridgehead atoms. The summed E-state index contributed by atoms with van der Waals surface area (Å²) in [5.74, 6) is 0.689. The molecule has 7 atom stereocenters. The molecule has 10 nitrogen and oxygen atoms in total. The average molecular weight is 660 g/mol. The number of benzene rings is 2. The number of carbonyl (C=O) groups is 2. The molecule has 9 rings (SSSR count). The van der Waals surface area contributed by atoms with Crippen LogP contribution in [0.3, 0.4) is 0 Å². The summed E-state index contributed by atoms with van der Waals surface area (Å²) in [6, 6.07) is 18.9. The standard InChI is InChI=1S/C38H42BN5O5/c1-5-34(39-48-33-18-24-17-32(37(24,2)3)38(33,4)49-39)43-35(45)30-19-25(22-44(30)36(46)29-21-40-15-16-41-29)47-31-20-28(23-11-7-6-8-12-23)42-27-14-10-9-13-26(27)31/h6-16,20-21,24-25,30,32-34H,5,17-19,22H2,1-4H3,(H,43,45)/t24-,25-,30+,32-,33?,34+,38+/m1/s1. The lowest BCUT2D eigenvalue weighted by Gasteiger charge is -2.64. The molecule has 0 radical (unpaired) electrons. The Labute approximate surface area is 287 Å². The molecule has 4 heterocycles. The number of nitrogens with one attached hydrogen (secondary N) is 1. The maximum Gasteiger partial charge on any atom is 0.481 e. The lowest BCUT2D eigenvalue weighted by molar-refractivity contribution is -0.199. The quantitative estimate of drug-likeness (QED) is 0.246. The highest BCUT2D eigenvalue weighted by atomic mass is 16.7. The van der Waals surface area contributed by atoms with Crippen LogP contribution < -0.4 is 10.1 Å². The fourth-order valence-electron chi connectivity index (χ4n) is 8.80. The van der Waals surface area contributed by atoms with Crippen molar-refractivity contribution in [3.8, 4) is 17.0 Å². The third-order valence-corrected chi connectivity index (χ3v) is 11.7. The molecule has 2 aromatic heterocycles. The first-order chi connectivity index (χ1) is 23.7. The summed E-state index contributed by atoms with van der Waals surface area (Å²) in [5, 5.41) is 4.08. The first-order valence-corrected chi connectivity index (χ1v) is 17.5. The zero-order valence-electron chi connectivity index (χ0n) is 28.4. The first-order valence-electron chi connectivity index (χ1n) is 17.5. The van der Waals surface area contributed by atoms with E-state index in [4.69, 9.17) is 19.0 Å². The van der Waals surface area contributed by atoms with Crippen molar-refractivity contribution in [3.63, 3.8) is 0 Å². The van der Waals surface area contributed by atoms with Crippen molar-refractivity contribution in [3.05, 3.63) is 84.9 Å². The van der Waals surface area contributed by atoms with Crippen LogP contribution in [0.1, 0.15) is 63.9 Å². The number of hydrogen-bond acceptors (Lipinski definition) is 8. The van der Waals surface area contributed by atoms with E-state index in [1.807, 2.05) is 67.6 Å². The Kier molecular flexibility index (Phi) is 7.95. The van der Waals surface area contributed by atoms with Gasteiger partial charge in [-0.05, 0) is 55.6 Å². The molecule has 49 heavy (non-hydrogen) atoms. The Morgan fingerprint density at radius 3 is 2.61 bits per heavy atom. The number of hydrogen-bond donors (Lipinski definition) is 1. The minimum atomic E-state index is -0.790. The van der Waals surface area contributed by atoms with E-state index in [-0.39, 0.29) is 47.1 Å². The minimum Gasteiger partial charge on any atom is -0.488 e. The molecule has 1 unspecified atom stereocenters. The second-order valence-electron chi connectivity index (χ2n) is 14.8. The van der Waals surface area contributed by atoms with Gasteiger partial charge in [0, 0.05) is 35.8 Å². The SMILES string of the molecule is CC[C@H](NC(=O)[C@@H]1C[C@@H](Oc2cc(-c3ccccc3)nc3ccccc23)CN1C(=O)c1cnccn1)B1OC2C[C@H]3C[C@H](C3(C)C)[C@]2(C)O1. The van der Waals surface area contributed by atoms with Crippen LogP contribution >= 0.6 is 0 Å². The number of pyridine rings is 1. The predicted octanol–water partition coefficient (Wildman–Crippen LogP) is 5.52. The number of fused-ring (bicyclic) bond motifs is 1. The Hall–Kier alpha value is -4.35. The lowest BCUT2D eigenvalue weighted by Crippen LogP contribution is -2.65. The van der Waals surface area contributed by atoms with Gasteiger partial charge in [0.05, 0.1) is 41.6 Å². The van der Waals surface area contributed by atoms with Crippen LogP contribution in [0.5, 0.6) is 5.75 Å². The van der Waals surface area contributed by atoms with Crippen LogP contribution in [-0.2, 0) is 14.1 Å². The monoisotopic (exact) mass is 659 g/mol. The van der Waals surface area contributed by atoms with E-state index in [1.54, 1.807) is 4.90 Å². The van der Waals surface area contributed by atoms with Crippen molar-refractivity contribution < 1.29 is 23.6 Å². The number of para-hydroxylation sites is 1. The van der Waals surface area contributed by atoms with Gasteiger partial charge in [-0.1, -0.05) is 63.2 Å². The van der Waals surface area contributed by atoms with Crippen LogP contribution in [0, 0.1) is 17.3 Å². The molecule has 2 amide bonds. The van der Waals surface area contributed by atoms with Crippen molar-refractivity contribution in [1.29, 1.82) is 0 Å². The molecule has 0 spiro atoms. The molecule has 4 aromatic rings. The van der Waals surface area contributed by atoms with Gasteiger partial charge in [0.25, 0.3) is 5.91 Å². The molecular formula is C38H42BN5O5. The molecule has 11 heteroatoms. The smallest absolute Gasteiger partial charge is 0.481 e. The summed E-state index contributed by atoms with van der Waals surface area (Å²) >= 11 is 0. The largest absolute Gasteiger partial charge is 0.488 e. The number of rotatable bonds is 8. The second-order valence-corrected chi connectivity index (χ2v) is 14.8. The number of ether oxygens (including phenoxy) is 1. The van der Waals surface area contributed by atoms with E-state index in [1.165, 1.54) is 18.6 Å². The first kappa shape index (κ1) is 31.9. The topological polar surface area (TPSA) is 116 Å². The number of amides is 2. The summed E-state index contributed by atoms with van der Waals surface area (Å²) in [6.45, 7) is 9.08. The lowest BCUT2D eigenvalue weighted by atomic mass is 9.43.